The van der Waals surface area contributed by atoms with Crippen molar-refractivity contribution in [3.8, 4) is 5.75 Å². The van der Waals surface area contributed by atoms with E-state index in [1.807, 2.05) is 31.2 Å². The van der Waals surface area contributed by atoms with Crippen molar-refractivity contribution in [3.05, 3.63) is 64.8 Å². The number of carbonyl (C=O) groups excluding carboxylic acids is 1. The van der Waals surface area contributed by atoms with Gasteiger partial charge in [0.2, 0.25) is 0 Å². The Kier molecular flexibility index (Phi) is 8.68. The number of hydrogen-bond acceptors (Lipinski definition) is 7. The van der Waals surface area contributed by atoms with Crippen LogP contribution in [0.2, 0.25) is 0 Å². The highest BCUT2D eigenvalue weighted by Crippen LogP contribution is 2.37. The molecular weight excluding hydrogens is 466 g/mol. The first-order valence-electron chi connectivity index (χ1n) is 11.4. The number of piperidine rings is 1. The Balaban J connectivity index is 0.00000115. The number of benzene rings is 2. The molecule has 0 aliphatic carbocycles. The molecule has 2 heterocycles. The van der Waals surface area contributed by atoms with Crippen LogP contribution in [0.3, 0.4) is 0 Å². The molecule has 4 N–H and O–H groups in total. The third-order valence-electron chi connectivity index (χ3n) is 6.49. The molecule has 0 radical (unpaired) electrons. The van der Waals surface area contributed by atoms with Crippen LogP contribution in [0.25, 0.3) is 10.9 Å². The lowest BCUT2D eigenvalue weighted by molar-refractivity contribution is -0.122. The minimum absolute atomic E-state index is 0.0584. The van der Waals surface area contributed by atoms with Crippen LogP contribution in [0.5, 0.6) is 5.75 Å². The van der Waals surface area contributed by atoms with Gasteiger partial charge in [0.1, 0.15) is 5.75 Å². The molecule has 1 aliphatic rings. The summed E-state index contributed by atoms with van der Waals surface area (Å²) in [5.41, 5.74) is 10.4. The van der Waals surface area contributed by atoms with E-state index in [4.69, 9.17) is 25.1 Å². The molecule has 10 heteroatoms. The van der Waals surface area contributed by atoms with Gasteiger partial charge in [-0.2, -0.15) is 0 Å². The van der Waals surface area contributed by atoms with Gasteiger partial charge < -0.3 is 25.4 Å². The summed E-state index contributed by atoms with van der Waals surface area (Å²) in [4.78, 5) is 34.3. The van der Waals surface area contributed by atoms with Crippen molar-refractivity contribution in [3.63, 3.8) is 0 Å². The molecular formula is C26H31N3O7. The predicted octanol–water partition coefficient (Wildman–Crippen LogP) is 3.64. The molecule has 1 saturated heterocycles. The van der Waals surface area contributed by atoms with Gasteiger partial charge in [-0.1, -0.05) is 12.1 Å². The SMILES string of the molecule is COC(=O)c1ccc([C@H]2C[C@H](N)CCN2Cc2c(OC)cc(C)c3c2ccn3C(=O)O)cc1.O=CO. The Hall–Kier alpha value is -3.89. The van der Waals surface area contributed by atoms with Gasteiger partial charge >= 0.3 is 12.1 Å². The summed E-state index contributed by atoms with van der Waals surface area (Å²) in [5.74, 6) is 0.367. The molecule has 2 atom stereocenters. The van der Waals surface area contributed by atoms with E-state index in [2.05, 4.69) is 4.90 Å². The van der Waals surface area contributed by atoms with Crippen LogP contribution < -0.4 is 10.5 Å². The Morgan fingerprint density at radius 3 is 2.44 bits per heavy atom. The average Bonchev–Trinajstić information content (AvgIpc) is 3.33. The summed E-state index contributed by atoms with van der Waals surface area (Å²) in [6.07, 6.45) is 2.21. The second-order valence-corrected chi connectivity index (χ2v) is 8.59. The van der Waals surface area contributed by atoms with E-state index in [-0.39, 0.29) is 24.5 Å². The van der Waals surface area contributed by atoms with Gasteiger partial charge in [-0.15, -0.1) is 0 Å². The standard InChI is InChI=1S/C25H29N3O5.CH2O2/c1-15-12-22(32-2)20(19-9-11-28(23(15)19)25(30)31)14-27-10-8-18(26)13-21(27)16-4-6-17(7-5-16)24(29)33-3;2-1-3/h4-7,9,11-12,18,21H,8,10,13-14,26H2,1-3H3,(H,30,31);1H,(H,2,3)/t18-,21-;/m1./s1. The van der Waals surface area contributed by atoms with Crippen molar-refractivity contribution >= 4 is 29.4 Å². The van der Waals surface area contributed by atoms with E-state index >= 15 is 0 Å². The molecule has 0 bridgehead atoms. The number of carbonyl (C=O) groups is 3. The Morgan fingerprint density at radius 2 is 1.86 bits per heavy atom. The predicted molar refractivity (Wildman–Crippen MR) is 133 cm³/mol. The average molecular weight is 498 g/mol. The maximum absolute atomic E-state index is 11.8. The zero-order valence-corrected chi connectivity index (χ0v) is 20.5. The lowest BCUT2D eigenvalue weighted by Gasteiger charge is -2.39. The third kappa shape index (κ3) is 5.50. The molecule has 1 aromatic heterocycles. The van der Waals surface area contributed by atoms with E-state index in [0.717, 1.165) is 47.2 Å². The lowest BCUT2D eigenvalue weighted by atomic mass is 9.91. The Bertz CT molecular complexity index is 1240. The van der Waals surface area contributed by atoms with Crippen molar-refractivity contribution in [2.75, 3.05) is 20.8 Å². The van der Waals surface area contributed by atoms with Crippen molar-refractivity contribution in [1.82, 2.24) is 9.47 Å². The smallest absolute Gasteiger partial charge is 0.416 e. The van der Waals surface area contributed by atoms with Crippen LogP contribution in [-0.2, 0) is 16.1 Å². The number of nitrogens with zero attached hydrogens (tertiary/aromatic N) is 2. The van der Waals surface area contributed by atoms with Crippen LogP contribution in [0, 0.1) is 6.92 Å². The summed E-state index contributed by atoms with van der Waals surface area (Å²) < 4.78 is 11.8. The van der Waals surface area contributed by atoms with Crippen molar-refractivity contribution in [2.24, 2.45) is 5.73 Å². The van der Waals surface area contributed by atoms with Crippen LogP contribution in [0.4, 0.5) is 4.79 Å². The number of nitrogens with two attached hydrogens (primary N) is 1. The quantitative estimate of drug-likeness (QED) is 0.355. The summed E-state index contributed by atoms with van der Waals surface area (Å²) in [7, 11) is 3.00. The fourth-order valence-corrected chi connectivity index (χ4v) is 4.81. The summed E-state index contributed by atoms with van der Waals surface area (Å²) in [6, 6.07) is 11.3. The number of aryl methyl sites for hydroxylation is 1. The van der Waals surface area contributed by atoms with E-state index < -0.39 is 6.09 Å². The number of rotatable bonds is 5. The van der Waals surface area contributed by atoms with E-state index in [9.17, 15) is 14.7 Å². The van der Waals surface area contributed by atoms with Crippen molar-refractivity contribution in [1.29, 1.82) is 0 Å². The molecule has 0 spiro atoms. The first-order valence-corrected chi connectivity index (χ1v) is 11.4. The maximum atomic E-state index is 11.8. The minimum atomic E-state index is -1.02. The van der Waals surface area contributed by atoms with Crippen molar-refractivity contribution in [2.45, 2.75) is 38.4 Å². The molecule has 4 rings (SSSR count). The number of methoxy groups -OCH3 is 2. The molecule has 3 aromatic rings. The topological polar surface area (TPSA) is 144 Å². The normalized spacial score (nSPS) is 17.7. The Labute approximate surface area is 208 Å². The number of carboxylic acid groups (broad SMARTS) is 2. The van der Waals surface area contributed by atoms with Gasteiger partial charge in [-0.25, -0.2) is 9.59 Å². The van der Waals surface area contributed by atoms with Gasteiger partial charge in [0, 0.05) is 42.3 Å². The molecule has 192 valence electrons. The number of likely N-dealkylation sites (tertiary alicyclic amines) is 1. The van der Waals surface area contributed by atoms with Crippen LogP contribution >= 0.6 is 0 Å². The second kappa shape index (κ2) is 11.7. The summed E-state index contributed by atoms with van der Waals surface area (Å²) in [6.45, 7) is 3.02. The number of aromatic nitrogens is 1. The molecule has 0 saturated carbocycles. The van der Waals surface area contributed by atoms with Gasteiger partial charge in [0.25, 0.3) is 6.47 Å². The van der Waals surface area contributed by atoms with Gasteiger partial charge in [0.05, 0.1) is 25.3 Å². The molecule has 36 heavy (non-hydrogen) atoms. The van der Waals surface area contributed by atoms with E-state index in [0.29, 0.717) is 17.6 Å². The number of hydrogen-bond donors (Lipinski definition) is 3. The zero-order valence-electron chi connectivity index (χ0n) is 20.5. The molecule has 0 amide bonds. The van der Waals surface area contributed by atoms with Gasteiger partial charge in [-0.3, -0.25) is 14.3 Å². The molecule has 1 fully saturated rings. The first-order chi connectivity index (χ1) is 17.2. The van der Waals surface area contributed by atoms with Crippen LogP contribution in [-0.4, -0.2) is 65.0 Å². The highest BCUT2D eigenvalue weighted by atomic mass is 16.5. The Morgan fingerprint density at radius 1 is 1.19 bits per heavy atom. The molecule has 10 nitrogen and oxygen atoms in total. The maximum Gasteiger partial charge on any atom is 0.416 e. The second-order valence-electron chi connectivity index (χ2n) is 8.59. The van der Waals surface area contributed by atoms with E-state index in [1.54, 1.807) is 25.4 Å². The fourth-order valence-electron chi connectivity index (χ4n) is 4.81. The summed E-state index contributed by atoms with van der Waals surface area (Å²) >= 11 is 0. The van der Waals surface area contributed by atoms with Crippen LogP contribution in [0.15, 0.2) is 42.6 Å². The molecule has 1 aliphatic heterocycles. The molecule has 2 aromatic carbocycles. The number of esters is 1. The third-order valence-corrected chi connectivity index (χ3v) is 6.49. The van der Waals surface area contributed by atoms with Gasteiger partial charge in [-0.05, 0) is 55.2 Å². The van der Waals surface area contributed by atoms with Crippen LogP contribution in [0.1, 0.15) is 45.9 Å². The number of fused-ring (bicyclic) bond motifs is 1. The first kappa shape index (κ1) is 26.7. The highest BCUT2D eigenvalue weighted by Gasteiger charge is 2.30. The number of ether oxygens (including phenoxy) is 2. The highest BCUT2D eigenvalue weighted by molar-refractivity contribution is 5.94. The lowest BCUT2D eigenvalue weighted by Crippen LogP contribution is -2.41. The molecule has 0 unspecified atom stereocenters. The zero-order chi connectivity index (χ0) is 26.4. The van der Waals surface area contributed by atoms with Gasteiger partial charge in [0.15, 0.2) is 0 Å². The van der Waals surface area contributed by atoms with Crippen molar-refractivity contribution < 1.29 is 34.1 Å². The van der Waals surface area contributed by atoms with E-state index in [1.165, 1.54) is 11.7 Å². The fraction of sp³-hybridized carbons (Fsp3) is 0.346. The minimum Gasteiger partial charge on any atom is -0.496 e. The summed E-state index contributed by atoms with van der Waals surface area (Å²) in [5, 5.41) is 17.4. The monoisotopic (exact) mass is 497 g/mol. The largest absolute Gasteiger partial charge is 0.496 e.